The van der Waals surface area contributed by atoms with Gasteiger partial charge < -0.3 is 9.84 Å². The van der Waals surface area contributed by atoms with Gasteiger partial charge in [-0.25, -0.2) is 9.88 Å². The Labute approximate surface area is 138 Å². The molecule has 0 aromatic carbocycles. The fourth-order valence-corrected chi connectivity index (χ4v) is 4.58. The molecule has 3 saturated heterocycles. The van der Waals surface area contributed by atoms with Gasteiger partial charge in [0, 0.05) is 6.42 Å². The lowest BCUT2D eigenvalue weighted by atomic mass is 9.67. The molecule has 0 spiro atoms. The number of fused-ring (bicyclic) bond motifs is 5. The number of imide groups is 1. The van der Waals surface area contributed by atoms with Crippen molar-refractivity contribution in [3.63, 3.8) is 0 Å². The molecule has 4 heterocycles. The maximum absolute atomic E-state index is 13.0. The van der Waals surface area contributed by atoms with Crippen LogP contribution in [0.5, 0.6) is 0 Å². The molecule has 1 aromatic rings. The lowest BCUT2D eigenvalue weighted by Gasteiger charge is -2.31. The predicted octanol–water partition coefficient (Wildman–Crippen LogP) is 0.680. The van der Waals surface area contributed by atoms with E-state index in [4.69, 9.17) is 10.00 Å². The normalized spacial score (nSPS) is 40.1. The molecule has 0 saturated carbocycles. The molecule has 2 amide bonds. The predicted molar refractivity (Wildman–Crippen MR) is 81.7 cm³/mol. The maximum atomic E-state index is 13.0. The Bertz CT molecular complexity index is 832. The highest BCUT2D eigenvalue weighted by Gasteiger charge is 2.75. The Morgan fingerprint density at radius 3 is 2.67 bits per heavy atom. The van der Waals surface area contributed by atoms with Crippen molar-refractivity contribution in [1.82, 2.24) is 4.98 Å². The van der Waals surface area contributed by atoms with Crippen molar-refractivity contribution in [3.05, 3.63) is 23.5 Å². The van der Waals surface area contributed by atoms with Crippen molar-refractivity contribution in [3.8, 4) is 6.07 Å². The first-order valence-electron chi connectivity index (χ1n) is 7.86. The number of nitriles is 1. The lowest BCUT2D eigenvalue weighted by Crippen LogP contribution is -2.49. The average molecular weight is 327 g/mol. The van der Waals surface area contributed by atoms with Crippen molar-refractivity contribution in [2.45, 2.75) is 44.5 Å². The summed E-state index contributed by atoms with van der Waals surface area (Å²) in [6, 6.07) is 3.58. The van der Waals surface area contributed by atoms with Gasteiger partial charge in [-0.3, -0.25) is 9.59 Å². The standard InChI is InChI=1S/C17H17N3O4/c1-8-4-9(7-19-10(8)6-18)20-14(22)12-13(15(20)23)17(3)11(21)5-16(12,2)24-17/h4,7,11-13,21H,5H2,1-3H3/t11-,12+,13-,16+,17-/m1/s1. The Hall–Kier alpha value is -2.30. The first kappa shape index (κ1) is 15.2. The second-order valence-electron chi connectivity index (χ2n) is 7.26. The highest BCUT2D eigenvalue weighted by molar-refractivity contribution is 6.23. The zero-order valence-electron chi connectivity index (χ0n) is 13.6. The van der Waals surface area contributed by atoms with Gasteiger partial charge in [-0.15, -0.1) is 0 Å². The third-order valence-electron chi connectivity index (χ3n) is 5.72. The van der Waals surface area contributed by atoms with Crippen LogP contribution in [-0.2, 0) is 14.3 Å². The van der Waals surface area contributed by atoms with Gasteiger partial charge in [0.1, 0.15) is 17.4 Å². The van der Waals surface area contributed by atoms with Crippen molar-refractivity contribution < 1.29 is 19.4 Å². The Kier molecular flexibility index (Phi) is 2.80. The van der Waals surface area contributed by atoms with E-state index in [2.05, 4.69) is 4.98 Å². The zero-order valence-corrected chi connectivity index (χ0v) is 13.6. The molecule has 3 aliphatic heterocycles. The number of carbonyl (C=O) groups excluding carboxylic acids is 2. The quantitative estimate of drug-likeness (QED) is 0.761. The van der Waals surface area contributed by atoms with Crippen LogP contribution in [0.15, 0.2) is 12.3 Å². The van der Waals surface area contributed by atoms with Crippen LogP contribution in [0.2, 0.25) is 0 Å². The van der Waals surface area contributed by atoms with Gasteiger partial charge in [-0.2, -0.15) is 5.26 Å². The third-order valence-corrected chi connectivity index (χ3v) is 5.72. The molecule has 4 rings (SSSR count). The number of anilines is 1. The molecule has 3 aliphatic rings. The molecule has 24 heavy (non-hydrogen) atoms. The number of rotatable bonds is 1. The van der Waals surface area contributed by atoms with Gasteiger partial charge in [-0.05, 0) is 32.4 Å². The van der Waals surface area contributed by atoms with Crippen molar-refractivity contribution in [2.75, 3.05) is 4.90 Å². The topological polar surface area (TPSA) is 104 Å². The molecule has 3 fully saturated rings. The molecule has 124 valence electrons. The fourth-order valence-electron chi connectivity index (χ4n) is 4.58. The molecule has 0 aliphatic carbocycles. The number of aliphatic hydroxyl groups is 1. The monoisotopic (exact) mass is 327 g/mol. The fraction of sp³-hybridized carbons (Fsp3) is 0.529. The van der Waals surface area contributed by atoms with Gasteiger partial charge in [0.2, 0.25) is 11.8 Å². The number of aromatic nitrogens is 1. The molecular weight excluding hydrogens is 310 g/mol. The SMILES string of the molecule is Cc1cc(N2C(=O)[C@@H]3[C@H](C2=O)[C@]2(C)O[C@@]3(C)C[C@H]2O)cnc1C#N. The van der Waals surface area contributed by atoms with Crippen LogP contribution in [0.4, 0.5) is 5.69 Å². The number of nitrogens with zero attached hydrogens (tertiary/aromatic N) is 3. The molecule has 2 bridgehead atoms. The summed E-state index contributed by atoms with van der Waals surface area (Å²) in [5.74, 6) is -2.00. The van der Waals surface area contributed by atoms with E-state index in [9.17, 15) is 14.7 Å². The van der Waals surface area contributed by atoms with Crippen LogP contribution < -0.4 is 4.90 Å². The Balaban J connectivity index is 1.79. The molecule has 0 unspecified atom stereocenters. The molecule has 5 atom stereocenters. The van der Waals surface area contributed by atoms with E-state index >= 15 is 0 Å². The molecule has 0 radical (unpaired) electrons. The van der Waals surface area contributed by atoms with Crippen LogP contribution in [-0.4, -0.2) is 39.2 Å². The van der Waals surface area contributed by atoms with Gasteiger partial charge >= 0.3 is 0 Å². The third kappa shape index (κ3) is 1.60. The first-order valence-corrected chi connectivity index (χ1v) is 7.86. The average Bonchev–Trinajstić information content (AvgIpc) is 3.01. The van der Waals surface area contributed by atoms with Crippen LogP contribution in [0.3, 0.4) is 0 Å². The summed E-state index contributed by atoms with van der Waals surface area (Å²) in [5, 5.41) is 19.3. The van der Waals surface area contributed by atoms with E-state index < -0.39 is 29.1 Å². The number of carbonyl (C=O) groups is 2. The van der Waals surface area contributed by atoms with E-state index in [-0.39, 0.29) is 17.5 Å². The summed E-state index contributed by atoms with van der Waals surface area (Å²) in [6.45, 7) is 5.19. The summed E-state index contributed by atoms with van der Waals surface area (Å²) < 4.78 is 5.93. The van der Waals surface area contributed by atoms with Gasteiger partial charge in [0.25, 0.3) is 0 Å². The molecule has 1 N–H and O–H groups in total. The number of hydrogen-bond acceptors (Lipinski definition) is 6. The second-order valence-corrected chi connectivity index (χ2v) is 7.26. The summed E-state index contributed by atoms with van der Waals surface area (Å²) >= 11 is 0. The Morgan fingerprint density at radius 1 is 1.38 bits per heavy atom. The van der Waals surface area contributed by atoms with Gasteiger partial charge in [-0.1, -0.05) is 0 Å². The van der Waals surface area contributed by atoms with Crippen molar-refractivity contribution in [2.24, 2.45) is 11.8 Å². The minimum Gasteiger partial charge on any atom is -0.390 e. The molecule has 7 nitrogen and oxygen atoms in total. The van der Waals surface area contributed by atoms with Crippen molar-refractivity contribution >= 4 is 17.5 Å². The van der Waals surface area contributed by atoms with Gasteiger partial charge in [0.15, 0.2) is 0 Å². The number of hydrogen-bond donors (Lipinski definition) is 1. The minimum atomic E-state index is -1.05. The number of aryl methyl sites for hydroxylation is 1. The maximum Gasteiger partial charge on any atom is 0.240 e. The first-order chi connectivity index (χ1) is 11.2. The molecule has 1 aromatic heterocycles. The second kappa shape index (κ2) is 4.41. The lowest BCUT2D eigenvalue weighted by molar-refractivity contribution is -0.132. The smallest absolute Gasteiger partial charge is 0.240 e. The summed E-state index contributed by atoms with van der Waals surface area (Å²) in [6.07, 6.45) is 0.926. The molecular formula is C17H17N3O4. The number of aliphatic hydroxyl groups excluding tert-OH is 1. The van der Waals surface area contributed by atoms with E-state index in [1.165, 1.54) is 6.20 Å². The van der Waals surface area contributed by atoms with Crippen LogP contribution >= 0.6 is 0 Å². The Morgan fingerprint density at radius 2 is 2.04 bits per heavy atom. The van der Waals surface area contributed by atoms with E-state index in [1.54, 1.807) is 26.8 Å². The van der Waals surface area contributed by atoms with Crippen molar-refractivity contribution in [1.29, 1.82) is 5.26 Å². The van der Waals surface area contributed by atoms with Crippen LogP contribution in [0.1, 0.15) is 31.5 Å². The van der Waals surface area contributed by atoms with Crippen LogP contribution in [0.25, 0.3) is 0 Å². The number of amides is 2. The van der Waals surface area contributed by atoms with Crippen LogP contribution in [0, 0.1) is 30.1 Å². The number of pyridine rings is 1. The van der Waals surface area contributed by atoms with E-state index in [1.807, 2.05) is 6.07 Å². The number of ether oxygens (including phenoxy) is 1. The summed E-state index contributed by atoms with van der Waals surface area (Å²) in [5.41, 5.74) is -0.664. The largest absolute Gasteiger partial charge is 0.390 e. The zero-order chi connectivity index (χ0) is 17.4. The summed E-state index contributed by atoms with van der Waals surface area (Å²) in [7, 11) is 0. The van der Waals surface area contributed by atoms with Gasteiger partial charge in [0.05, 0.1) is 35.4 Å². The minimum absolute atomic E-state index is 0.260. The highest BCUT2D eigenvalue weighted by Crippen LogP contribution is 2.60. The van der Waals surface area contributed by atoms with E-state index in [0.717, 1.165) is 4.90 Å². The molecule has 7 heteroatoms. The van der Waals surface area contributed by atoms with E-state index in [0.29, 0.717) is 17.7 Å². The summed E-state index contributed by atoms with van der Waals surface area (Å²) in [4.78, 5) is 31.1. The highest BCUT2D eigenvalue weighted by atomic mass is 16.6.